The zero-order chi connectivity index (χ0) is 13.4. The predicted molar refractivity (Wildman–Crippen MR) is 68.3 cm³/mol. The average Bonchev–Trinajstić information content (AvgIpc) is 2.80. The maximum absolute atomic E-state index is 13.2. The van der Waals surface area contributed by atoms with Crippen molar-refractivity contribution in [1.29, 1.82) is 0 Å². The molecule has 0 saturated carbocycles. The second-order valence-corrected chi connectivity index (χ2v) is 4.45. The number of halogens is 2. The fourth-order valence-electron chi connectivity index (χ4n) is 1.86. The molecule has 7 heteroatoms. The van der Waals surface area contributed by atoms with E-state index in [2.05, 4.69) is 20.1 Å². The van der Waals surface area contributed by atoms with Crippen molar-refractivity contribution in [3.63, 3.8) is 0 Å². The molecule has 1 unspecified atom stereocenters. The minimum absolute atomic E-state index is 0.263. The van der Waals surface area contributed by atoms with Crippen LogP contribution in [0.25, 0.3) is 11.2 Å². The molecule has 19 heavy (non-hydrogen) atoms. The first-order valence-electron chi connectivity index (χ1n) is 5.62. The highest BCUT2D eigenvalue weighted by molar-refractivity contribution is 6.29. The summed E-state index contributed by atoms with van der Waals surface area (Å²) in [7, 11) is 0. The molecule has 3 aromatic rings. The third-order valence-electron chi connectivity index (χ3n) is 2.81. The number of nitrogens with zero attached hydrogens (tertiary/aromatic N) is 5. The van der Waals surface area contributed by atoms with Crippen molar-refractivity contribution >= 4 is 22.8 Å². The Morgan fingerprint density at radius 2 is 2.16 bits per heavy atom. The molecule has 1 atom stereocenters. The van der Waals surface area contributed by atoms with Crippen LogP contribution in [0.4, 0.5) is 4.39 Å². The van der Waals surface area contributed by atoms with E-state index in [1.807, 2.05) is 6.92 Å². The maximum atomic E-state index is 13.2. The Kier molecular flexibility index (Phi) is 2.87. The van der Waals surface area contributed by atoms with Gasteiger partial charge in [0.1, 0.15) is 16.5 Å². The minimum Gasteiger partial charge on any atom is -0.259 e. The molecule has 0 N–H and O–H groups in total. The van der Waals surface area contributed by atoms with Crippen molar-refractivity contribution in [3.05, 3.63) is 47.4 Å². The molecule has 0 aliphatic carbocycles. The van der Waals surface area contributed by atoms with Crippen LogP contribution in [0.15, 0.2) is 30.7 Å². The maximum Gasteiger partial charge on any atom is 0.178 e. The number of hydrogen-bond acceptors (Lipinski definition) is 4. The quantitative estimate of drug-likeness (QED) is 0.722. The number of rotatable bonds is 2. The fourth-order valence-corrected chi connectivity index (χ4v) is 1.99. The number of aromatic nitrogens is 5. The van der Waals surface area contributed by atoms with Crippen LogP contribution in [0.5, 0.6) is 0 Å². The van der Waals surface area contributed by atoms with Gasteiger partial charge in [0, 0.05) is 6.20 Å². The van der Waals surface area contributed by atoms with E-state index in [0.29, 0.717) is 16.9 Å². The minimum atomic E-state index is -0.336. The summed E-state index contributed by atoms with van der Waals surface area (Å²) >= 11 is 5.83. The largest absolute Gasteiger partial charge is 0.259 e. The van der Waals surface area contributed by atoms with Crippen LogP contribution in [-0.2, 0) is 0 Å². The first-order valence-corrected chi connectivity index (χ1v) is 6.00. The van der Waals surface area contributed by atoms with E-state index in [0.717, 1.165) is 0 Å². The first-order chi connectivity index (χ1) is 9.15. The molecule has 5 nitrogen and oxygen atoms in total. The first kappa shape index (κ1) is 12.0. The summed E-state index contributed by atoms with van der Waals surface area (Å²) in [6.45, 7) is 1.86. The molecule has 0 saturated heterocycles. The fraction of sp³-hybridized carbons (Fsp3) is 0.167. The normalized spacial score (nSPS) is 12.8. The molecule has 0 amide bonds. The monoisotopic (exact) mass is 277 g/mol. The summed E-state index contributed by atoms with van der Waals surface area (Å²) in [5, 5.41) is 4.50. The SMILES string of the molecule is CC(c1cc(F)ccn1)n1ncc2ncc(Cl)nc21. The molecule has 3 aromatic heterocycles. The molecule has 3 heterocycles. The third-order valence-corrected chi connectivity index (χ3v) is 2.99. The van der Waals surface area contributed by atoms with E-state index in [4.69, 9.17) is 11.6 Å². The van der Waals surface area contributed by atoms with Crippen molar-refractivity contribution in [2.45, 2.75) is 13.0 Å². The summed E-state index contributed by atoms with van der Waals surface area (Å²) in [6, 6.07) is 2.41. The van der Waals surface area contributed by atoms with Gasteiger partial charge in [-0.1, -0.05) is 11.6 Å². The number of fused-ring (bicyclic) bond motifs is 1. The van der Waals surface area contributed by atoms with Crippen molar-refractivity contribution in [2.75, 3.05) is 0 Å². The van der Waals surface area contributed by atoms with Gasteiger partial charge in [0.15, 0.2) is 5.65 Å². The Morgan fingerprint density at radius 3 is 2.95 bits per heavy atom. The van der Waals surface area contributed by atoms with Crippen LogP contribution in [0.3, 0.4) is 0 Å². The van der Waals surface area contributed by atoms with Crippen molar-refractivity contribution < 1.29 is 4.39 Å². The van der Waals surface area contributed by atoms with E-state index in [-0.39, 0.29) is 17.0 Å². The lowest BCUT2D eigenvalue weighted by Gasteiger charge is -2.12. The van der Waals surface area contributed by atoms with Crippen molar-refractivity contribution in [3.8, 4) is 0 Å². The highest BCUT2D eigenvalue weighted by Gasteiger charge is 2.15. The molecular weight excluding hydrogens is 269 g/mol. The van der Waals surface area contributed by atoms with Gasteiger partial charge < -0.3 is 0 Å². The zero-order valence-corrected chi connectivity index (χ0v) is 10.7. The molecule has 0 radical (unpaired) electrons. The van der Waals surface area contributed by atoms with Gasteiger partial charge in [-0.05, 0) is 19.1 Å². The van der Waals surface area contributed by atoms with Gasteiger partial charge in [0.25, 0.3) is 0 Å². The smallest absolute Gasteiger partial charge is 0.178 e. The Labute approximate surface area is 113 Å². The van der Waals surface area contributed by atoms with Gasteiger partial charge in [-0.15, -0.1) is 0 Å². The molecule has 0 aromatic carbocycles. The lowest BCUT2D eigenvalue weighted by Crippen LogP contribution is -2.11. The molecule has 0 bridgehead atoms. The van der Waals surface area contributed by atoms with Gasteiger partial charge in [-0.25, -0.2) is 19.0 Å². The average molecular weight is 278 g/mol. The van der Waals surface area contributed by atoms with Crippen molar-refractivity contribution in [1.82, 2.24) is 24.7 Å². The van der Waals surface area contributed by atoms with E-state index in [1.165, 1.54) is 24.5 Å². The summed E-state index contributed by atoms with van der Waals surface area (Å²) in [5.41, 5.74) is 1.74. The van der Waals surface area contributed by atoms with Gasteiger partial charge in [-0.3, -0.25) is 4.98 Å². The molecule has 0 fully saturated rings. The van der Waals surface area contributed by atoms with E-state index >= 15 is 0 Å². The van der Waals surface area contributed by atoms with Crippen molar-refractivity contribution in [2.24, 2.45) is 0 Å². The molecule has 0 spiro atoms. The zero-order valence-electron chi connectivity index (χ0n) is 9.96. The van der Waals surface area contributed by atoms with Gasteiger partial charge in [-0.2, -0.15) is 5.10 Å². The highest BCUT2D eigenvalue weighted by atomic mass is 35.5. The Bertz CT molecular complexity index is 742. The Morgan fingerprint density at radius 1 is 1.32 bits per heavy atom. The topological polar surface area (TPSA) is 56.5 Å². The second-order valence-electron chi connectivity index (χ2n) is 4.07. The van der Waals surface area contributed by atoms with Crippen LogP contribution in [-0.4, -0.2) is 24.7 Å². The molecule has 0 aliphatic heterocycles. The Hall–Kier alpha value is -2.08. The van der Waals surface area contributed by atoms with E-state index in [9.17, 15) is 4.39 Å². The summed E-state index contributed by atoms with van der Waals surface area (Å²) in [5.74, 6) is -0.336. The van der Waals surface area contributed by atoms with E-state index in [1.54, 1.807) is 10.9 Å². The summed E-state index contributed by atoms with van der Waals surface area (Å²) in [4.78, 5) is 12.5. The Balaban J connectivity index is 2.11. The standard InChI is InChI=1S/C12H9ClFN5/c1-7(9-4-8(14)2-3-15-9)19-12-10(5-17-19)16-6-11(13)18-12/h2-7H,1H3. The van der Waals surface area contributed by atoms with Gasteiger partial charge in [0.05, 0.1) is 24.1 Å². The molecule has 3 rings (SSSR count). The van der Waals surface area contributed by atoms with Crippen LogP contribution >= 0.6 is 11.6 Å². The summed E-state index contributed by atoms with van der Waals surface area (Å²) < 4.78 is 14.8. The number of pyridine rings is 1. The lowest BCUT2D eigenvalue weighted by molar-refractivity contribution is 0.553. The van der Waals surface area contributed by atoms with Gasteiger partial charge in [0.2, 0.25) is 0 Å². The van der Waals surface area contributed by atoms with Gasteiger partial charge >= 0.3 is 0 Å². The van der Waals surface area contributed by atoms with E-state index < -0.39 is 0 Å². The number of hydrogen-bond donors (Lipinski definition) is 0. The molecule has 96 valence electrons. The lowest BCUT2D eigenvalue weighted by atomic mass is 10.2. The second kappa shape index (κ2) is 4.55. The predicted octanol–water partition coefficient (Wildman–Crippen LogP) is 2.62. The van der Waals surface area contributed by atoms with Crippen LogP contribution in [0.1, 0.15) is 18.7 Å². The van der Waals surface area contributed by atoms with Crippen LogP contribution in [0, 0.1) is 5.82 Å². The van der Waals surface area contributed by atoms with Crippen LogP contribution in [0.2, 0.25) is 5.15 Å². The summed E-state index contributed by atoms with van der Waals surface area (Å²) in [6.07, 6.45) is 4.47. The molecular formula is C12H9ClFN5. The third kappa shape index (κ3) is 2.15. The molecule has 0 aliphatic rings. The highest BCUT2D eigenvalue weighted by Crippen LogP contribution is 2.20. The van der Waals surface area contributed by atoms with Crippen LogP contribution < -0.4 is 0 Å².